The molecular weight excluding hydrogens is 350 g/mol. The van der Waals surface area contributed by atoms with Gasteiger partial charge in [-0.1, -0.05) is 30.3 Å². The molecule has 1 aliphatic carbocycles. The molecule has 5 nitrogen and oxygen atoms in total. The average molecular weight is 367 g/mol. The highest BCUT2D eigenvalue weighted by Crippen LogP contribution is 2.39. The summed E-state index contributed by atoms with van der Waals surface area (Å²) in [6.45, 7) is 0.204. The quantitative estimate of drug-likeness (QED) is 0.677. The fourth-order valence-electron chi connectivity index (χ4n) is 3.08. The first kappa shape index (κ1) is 16.6. The normalized spacial score (nSPS) is 12.6. The van der Waals surface area contributed by atoms with Crippen molar-refractivity contribution in [2.45, 2.75) is 25.9 Å². The molecule has 0 radical (unpaired) electrons. The van der Waals surface area contributed by atoms with Gasteiger partial charge in [-0.05, 0) is 42.5 Å². The molecular formula is C20H17NO4S. The number of fused-ring (bicyclic) bond motifs is 1. The summed E-state index contributed by atoms with van der Waals surface area (Å²) in [5.74, 6) is -0.558. The SMILES string of the molecule is O=C(Nc1sc2c(c1C(=O)OCc1ccccc1)CCC2)c1ccco1. The van der Waals surface area contributed by atoms with Gasteiger partial charge in [0, 0.05) is 4.88 Å². The zero-order valence-corrected chi connectivity index (χ0v) is 14.8. The molecule has 1 aliphatic rings. The lowest BCUT2D eigenvalue weighted by molar-refractivity contribution is 0.0473. The Morgan fingerprint density at radius 1 is 1.12 bits per heavy atom. The van der Waals surface area contributed by atoms with Crippen molar-refractivity contribution in [1.29, 1.82) is 0 Å². The molecule has 6 heteroatoms. The summed E-state index contributed by atoms with van der Waals surface area (Å²) in [4.78, 5) is 26.2. The van der Waals surface area contributed by atoms with Crippen LogP contribution in [0.25, 0.3) is 0 Å². The van der Waals surface area contributed by atoms with Gasteiger partial charge in [-0.25, -0.2) is 4.79 Å². The van der Waals surface area contributed by atoms with Crippen LogP contribution >= 0.6 is 11.3 Å². The van der Waals surface area contributed by atoms with Crippen molar-refractivity contribution >= 4 is 28.2 Å². The number of benzene rings is 1. The van der Waals surface area contributed by atoms with Gasteiger partial charge in [0.1, 0.15) is 11.6 Å². The van der Waals surface area contributed by atoms with E-state index in [2.05, 4.69) is 5.32 Å². The summed E-state index contributed by atoms with van der Waals surface area (Å²) in [7, 11) is 0. The van der Waals surface area contributed by atoms with Crippen molar-refractivity contribution in [3.8, 4) is 0 Å². The Labute approximate surface area is 154 Å². The van der Waals surface area contributed by atoms with Crippen molar-refractivity contribution in [3.05, 3.63) is 76.1 Å². The smallest absolute Gasteiger partial charge is 0.341 e. The first-order valence-corrected chi connectivity index (χ1v) is 9.24. The van der Waals surface area contributed by atoms with Crippen LogP contribution in [0.5, 0.6) is 0 Å². The summed E-state index contributed by atoms with van der Waals surface area (Å²) in [6, 6.07) is 12.8. The fraction of sp³-hybridized carbons (Fsp3) is 0.200. The second-order valence-electron chi connectivity index (χ2n) is 6.05. The van der Waals surface area contributed by atoms with Crippen LogP contribution in [-0.4, -0.2) is 11.9 Å². The van der Waals surface area contributed by atoms with Crippen molar-refractivity contribution in [2.75, 3.05) is 5.32 Å². The number of carbonyl (C=O) groups excluding carboxylic acids is 2. The van der Waals surface area contributed by atoms with Crippen molar-refractivity contribution in [3.63, 3.8) is 0 Å². The van der Waals surface area contributed by atoms with Gasteiger partial charge < -0.3 is 14.5 Å². The van der Waals surface area contributed by atoms with E-state index in [1.165, 1.54) is 17.6 Å². The molecule has 0 bridgehead atoms. The molecule has 0 spiro atoms. The van der Waals surface area contributed by atoms with E-state index in [-0.39, 0.29) is 18.3 Å². The molecule has 2 aromatic heterocycles. The maximum atomic E-state index is 12.7. The highest BCUT2D eigenvalue weighted by molar-refractivity contribution is 7.17. The molecule has 3 aromatic rings. The minimum Gasteiger partial charge on any atom is -0.459 e. The Morgan fingerprint density at radius 2 is 1.96 bits per heavy atom. The predicted octanol–water partition coefficient (Wildman–Crippen LogP) is 4.44. The Balaban J connectivity index is 1.56. The van der Waals surface area contributed by atoms with Crippen LogP contribution < -0.4 is 5.32 Å². The highest BCUT2D eigenvalue weighted by Gasteiger charge is 2.29. The summed E-state index contributed by atoms with van der Waals surface area (Å²) in [6.07, 6.45) is 4.22. The minimum atomic E-state index is -0.400. The molecule has 0 unspecified atom stereocenters. The van der Waals surface area contributed by atoms with Gasteiger partial charge in [-0.3, -0.25) is 4.79 Å². The third kappa shape index (κ3) is 3.28. The minimum absolute atomic E-state index is 0.204. The molecule has 0 aliphatic heterocycles. The lowest BCUT2D eigenvalue weighted by Crippen LogP contribution is -2.14. The van der Waals surface area contributed by atoms with E-state index in [4.69, 9.17) is 9.15 Å². The van der Waals surface area contributed by atoms with Crippen LogP contribution in [0.4, 0.5) is 5.00 Å². The van der Waals surface area contributed by atoms with E-state index in [0.29, 0.717) is 10.6 Å². The third-order valence-corrected chi connectivity index (χ3v) is 5.52. The summed E-state index contributed by atoms with van der Waals surface area (Å²) < 4.78 is 10.6. The Kier molecular flexibility index (Phi) is 4.58. The van der Waals surface area contributed by atoms with Crippen LogP contribution in [0.1, 0.15) is 43.3 Å². The van der Waals surface area contributed by atoms with Gasteiger partial charge in [0.2, 0.25) is 0 Å². The summed E-state index contributed by atoms with van der Waals surface area (Å²) >= 11 is 1.45. The molecule has 1 amide bonds. The maximum absolute atomic E-state index is 12.7. The van der Waals surface area contributed by atoms with E-state index >= 15 is 0 Å². The molecule has 0 atom stereocenters. The number of amides is 1. The predicted molar refractivity (Wildman–Crippen MR) is 98.6 cm³/mol. The van der Waals surface area contributed by atoms with Gasteiger partial charge in [-0.15, -0.1) is 11.3 Å². The summed E-state index contributed by atoms with van der Waals surface area (Å²) in [5, 5.41) is 3.34. The van der Waals surface area contributed by atoms with Gasteiger partial charge in [-0.2, -0.15) is 0 Å². The summed E-state index contributed by atoms with van der Waals surface area (Å²) in [5.41, 5.74) is 2.41. The number of nitrogens with one attached hydrogen (secondary N) is 1. The van der Waals surface area contributed by atoms with E-state index < -0.39 is 5.97 Å². The van der Waals surface area contributed by atoms with E-state index in [9.17, 15) is 9.59 Å². The lowest BCUT2D eigenvalue weighted by atomic mass is 10.1. The Hall–Kier alpha value is -2.86. The second-order valence-corrected chi connectivity index (χ2v) is 7.16. The van der Waals surface area contributed by atoms with Gasteiger partial charge >= 0.3 is 5.97 Å². The van der Waals surface area contributed by atoms with Crippen molar-refractivity contribution < 1.29 is 18.7 Å². The third-order valence-electron chi connectivity index (χ3n) is 4.31. The van der Waals surface area contributed by atoms with Crippen LogP contribution in [0.3, 0.4) is 0 Å². The molecule has 0 fully saturated rings. The van der Waals surface area contributed by atoms with Crippen LogP contribution in [-0.2, 0) is 24.2 Å². The molecule has 0 saturated heterocycles. The first-order valence-electron chi connectivity index (χ1n) is 8.43. The number of thiophene rings is 1. The zero-order valence-electron chi connectivity index (χ0n) is 14.0. The monoisotopic (exact) mass is 367 g/mol. The highest BCUT2D eigenvalue weighted by atomic mass is 32.1. The van der Waals surface area contributed by atoms with Crippen LogP contribution in [0.2, 0.25) is 0 Å². The zero-order chi connectivity index (χ0) is 17.9. The number of rotatable bonds is 5. The standard InChI is InChI=1S/C20H17NO4S/c22-18(15-9-5-11-24-15)21-19-17(14-8-4-10-16(14)26-19)20(23)25-12-13-6-2-1-3-7-13/h1-3,5-7,9,11H,4,8,10,12H2,(H,21,22). The number of hydrogen-bond donors (Lipinski definition) is 1. The molecule has 26 heavy (non-hydrogen) atoms. The number of anilines is 1. The first-order chi connectivity index (χ1) is 12.7. The Morgan fingerprint density at radius 3 is 2.73 bits per heavy atom. The molecule has 132 valence electrons. The van der Waals surface area contributed by atoms with E-state index in [1.54, 1.807) is 12.1 Å². The number of carbonyl (C=O) groups is 2. The van der Waals surface area contributed by atoms with Gasteiger partial charge in [0.05, 0.1) is 11.8 Å². The molecule has 1 N–H and O–H groups in total. The molecule has 2 heterocycles. The largest absolute Gasteiger partial charge is 0.459 e. The van der Waals surface area contributed by atoms with Crippen molar-refractivity contribution in [1.82, 2.24) is 0 Å². The number of furan rings is 1. The van der Waals surface area contributed by atoms with E-state index in [0.717, 1.165) is 35.3 Å². The molecule has 0 saturated carbocycles. The number of hydrogen-bond acceptors (Lipinski definition) is 5. The molecule has 1 aromatic carbocycles. The fourth-order valence-corrected chi connectivity index (χ4v) is 4.35. The Bertz CT molecular complexity index is 928. The lowest BCUT2D eigenvalue weighted by Gasteiger charge is -2.08. The van der Waals surface area contributed by atoms with Gasteiger partial charge in [0.25, 0.3) is 5.91 Å². The van der Waals surface area contributed by atoms with Crippen LogP contribution in [0.15, 0.2) is 53.1 Å². The van der Waals surface area contributed by atoms with Crippen LogP contribution in [0, 0.1) is 0 Å². The number of esters is 1. The van der Waals surface area contributed by atoms with Gasteiger partial charge in [0.15, 0.2) is 5.76 Å². The topological polar surface area (TPSA) is 68.5 Å². The second kappa shape index (κ2) is 7.17. The molecule has 4 rings (SSSR count). The number of ether oxygens (including phenoxy) is 1. The maximum Gasteiger partial charge on any atom is 0.341 e. The van der Waals surface area contributed by atoms with Crippen molar-refractivity contribution in [2.24, 2.45) is 0 Å². The number of aryl methyl sites for hydroxylation is 1. The average Bonchev–Trinajstić information content (AvgIpc) is 3.37. The van der Waals surface area contributed by atoms with E-state index in [1.807, 2.05) is 30.3 Å².